The number of pyridine rings is 1. The zero-order chi connectivity index (χ0) is 24.3. The van der Waals surface area contributed by atoms with E-state index in [1.165, 1.54) is 12.1 Å². The van der Waals surface area contributed by atoms with E-state index in [4.69, 9.17) is 10.1 Å². The number of rotatable bonds is 7. The standard InChI is InChI=1S/C26H23FNO5P/c27-20-10-8-17(9-11-20)23-15-24(18-4-2-1-3-5-18)28-26(19-6-7-19)22(23)12-13-34(32,33)16-21(29)14-25(30)31/h1-5,8-11,15,19,21,29H,6-7,14,16H2,(H,30,31)(H,32,33). The van der Waals surface area contributed by atoms with Crippen molar-refractivity contribution in [2.75, 3.05) is 6.16 Å². The molecular formula is C26H23FNO5P. The number of nitrogens with zero attached hydrogens (tertiary/aromatic N) is 1. The summed E-state index contributed by atoms with van der Waals surface area (Å²) >= 11 is 0. The lowest BCUT2D eigenvalue weighted by molar-refractivity contribution is -0.138. The van der Waals surface area contributed by atoms with Crippen molar-refractivity contribution in [2.24, 2.45) is 0 Å². The van der Waals surface area contributed by atoms with E-state index < -0.39 is 32.0 Å². The lowest BCUT2D eigenvalue weighted by Crippen LogP contribution is -2.17. The third kappa shape index (κ3) is 5.98. The third-order valence-corrected chi connectivity index (χ3v) is 6.84. The highest BCUT2D eigenvalue weighted by Gasteiger charge is 2.30. The van der Waals surface area contributed by atoms with Gasteiger partial charge in [0.1, 0.15) is 5.82 Å². The molecule has 0 spiro atoms. The van der Waals surface area contributed by atoms with Gasteiger partial charge in [0, 0.05) is 17.0 Å². The molecule has 8 heteroatoms. The first-order valence-electron chi connectivity index (χ1n) is 10.8. The van der Waals surface area contributed by atoms with E-state index >= 15 is 0 Å². The fraction of sp³-hybridized carbons (Fsp3) is 0.231. The van der Waals surface area contributed by atoms with Gasteiger partial charge in [0.2, 0.25) is 0 Å². The van der Waals surface area contributed by atoms with E-state index in [9.17, 15) is 23.7 Å². The largest absolute Gasteiger partial charge is 0.481 e. The summed E-state index contributed by atoms with van der Waals surface area (Å²) in [5, 5.41) is 18.6. The number of carbonyl (C=O) groups is 1. The van der Waals surface area contributed by atoms with Crippen LogP contribution >= 0.6 is 7.37 Å². The molecule has 3 aromatic rings. The minimum Gasteiger partial charge on any atom is -0.481 e. The maximum absolute atomic E-state index is 13.6. The molecule has 34 heavy (non-hydrogen) atoms. The van der Waals surface area contributed by atoms with E-state index in [1.807, 2.05) is 36.4 Å². The van der Waals surface area contributed by atoms with Crippen molar-refractivity contribution < 1.29 is 28.9 Å². The van der Waals surface area contributed by atoms with Gasteiger partial charge in [-0.05, 0) is 42.3 Å². The summed E-state index contributed by atoms with van der Waals surface area (Å²) in [6.07, 6.45) is -0.950. The Balaban J connectivity index is 1.83. The first kappa shape index (κ1) is 23.8. The Morgan fingerprint density at radius 1 is 1.12 bits per heavy atom. The second-order valence-electron chi connectivity index (χ2n) is 8.34. The summed E-state index contributed by atoms with van der Waals surface area (Å²) in [6, 6.07) is 17.3. The maximum atomic E-state index is 13.6. The molecular weight excluding hydrogens is 456 g/mol. The second-order valence-corrected chi connectivity index (χ2v) is 10.3. The fourth-order valence-electron chi connectivity index (χ4n) is 3.70. The van der Waals surface area contributed by atoms with E-state index in [0.717, 1.165) is 24.1 Å². The molecule has 4 rings (SSSR count). The molecule has 1 heterocycles. The van der Waals surface area contributed by atoms with E-state index in [0.29, 0.717) is 22.4 Å². The number of aliphatic hydroxyl groups excluding tert-OH is 1. The molecule has 0 radical (unpaired) electrons. The van der Waals surface area contributed by atoms with Gasteiger partial charge in [0.05, 0.1) is 35.6 Å². The number of benzene rings is 2. The molecule has 0 bridgehead atoms. The van der Waals surface area contributed by atoms with Crippen LogP contribution in [0.25, 0.3) is 22.4 Å². The van der Waals surface area contributed by atoms with E-state index in [2.05, 4.69) is 11.6 Å². The maximum Gasteiger partial charge on any atom is 0.305 e. The van der Waals surface area contributed by atoms with Crippen LogP contribution in [0, 0.1) is 17.4 Å². The van der Waals surface area contributed by atoms with Gasteiger partial charge in [-0.15, -0.1) is 0 Å². The van der Waals surface area contributed by atoms with Gasteiger partial charge in [-0.25, -0.2) is 4.39 Å². The summed E-state index contributed by atoms with van der Waals surface area (Å²) in [5.74, 6) is 1.32. The van der Waals surface area contributed by atoms with Gasteiger partial charge in [-0.3, -0.25) is 14.3 Å². The van der Waals surface area contributed by atoms with Crippen molar-refractivity contribution in [1.82, 2.24) is 4.98 Å². The summed E-state index contributed by atoms with van der Waals surface area (Å²) in [7, 11) is -4.15. The average molecular weight is 479 g/mol. The molecule has 0 amide bonds. The summed E-state index contributed by atoms with van der Waals surface area (Å²) < 4.78 is 26.2. The van der Waals surface area contributed by atoms with Crippen LogP contribution in [0.4, 0.5) is 4.39 Å². The Bertz CT molecular complexity index is 1310. The van der Waals surface area contributed by atoms with Crippen LogP contribution in [0.1, 0.15) is 36.4 Å². The number of carboxylic acid groups (broad SMARTS) is 1. The molecule has 3 N–H and O–H groups in total. The summed E-state index contributed by atoms with van der Waals surface area (Å²) in [4.78, 5) is 25.9. The first-order valence-corrected chi connectivity index (χ1v) is 12.7. The number of aliphatic hydroxyl groups is 1. The number of aliphatic carboxylic acids is 1. The van der Waals surface area contributed by atoms with E-state index in [1.54, 1.807) is 12.1 Å². The Hall–Kier alpha value is -3.30. The molecule has 1 aliphatic carbocycles. The van der Waals surface area contributed by atoms with Crippen LogP contribution in [-0.4, -0.2) is 38.3 Å². The number of hydrogen-bond acceptors (Lipinski definition) is 4. The van der Waals surface area contributed by atoms with Gasteiger partial charge in [-0.1, -0.05) is 48.4 Å². The van der Waals surface area contributed by atoms with Crippen molar-refractivity contribution in [2.45, 2.75) is 31.3 Å². The predicted molar refractivity (Wildman–Crippen MR) is 127 cm³/mol. The molecule has 1 aromatic heterocycles. The number of hydrogen-bond donors (Lipinski definition) is 3. The quantitative estimate of drug-likeness (QED) is 0.330. The monoisotopic (exact) mass is 479 g/mol. The van der Waals surface area contributed by atoms with Crippen LogP contribution in [0.2, 0.25) is 0 Å². The highest BCUT2D eigenvalue weighted by atomic mass is 31.2. The lowest BCUT2D eigenvalue weighted by atomic mass is 9.95. The highest BCUT2D eigenvalue weighted by Crippen LogP contribution is 2.45. The molecule has 2 unspecified atom stereocenters. The molecule has 1 aliphatic rings. The molecule has 0 aliphatic heterocycles. The lowest BCUT2D eigenvalue weighted by Gasteiger charge is -2.14. The average Bonchev–Trinajstić information content (AvgIpc) is 3.63. The van der Waals surface area contributed by atoms with Crippen LogP contribution in [0.3, 0.4) is 0 Å². The van der Waals surface area contributed by atoms with E-state index in [-0.39, 0.29) is 11.7 Å². The number of aromatic nitrogens is 1. The number of carboxylic acids is 1. The SMILES string of the molecule is O=C(O)CC(O)CP(=O)(O)C#Cc1c(-c2ccc(F)cc2)cc(-c2ccccc2)nc1C1CC1. The van der Waals surface area contributed by atoms with Crippen molar-refractivity contribution >= 4 is 13.3 Å². The van der Waals surface area contributed by atoms with Crippen LogP contribution in [0.15, 0.2) is 60.7 Å². The van der Waals surface area contributed by atoms with Crippen molar-refractivity contribution in [3.05, 3.63) is 77.7 Å². The molecule has 174 valence electrons. The Morgan fingerprint density at radius 3 is 2.41 bits per heavy atom. The van der Waals surface area contributed by atoms with Crippen LogP contribution in [0.5, 0.6) is 0 Å². The van der Waals surface area contributed by atoms with Crippen molar-refractivity contribution in [3.8, 4) is 34.0 Å². The topological polar surface area (TPSA) is 108 Å². The molecule has 6 nitrogen and oxygen atoms in total. The minimum absolute atomic E-state index is 0.155. The van der Waals surface area contributed by atoms with Gasteiger partial charge >= 0.3 is 5.97 Å². The first-order chi connectivity index (χ1) is 16.2. The Labute approximate surface area is 196 Å². The summed E-state index contributed by atoms with van der Waals surface area (Å²) in [6.45, 7) is 0. The number of halogens is 1. The second kappa shape index (κ2) is 9.90. The fourth-order valence-corrected chi connectivity index (χ4v) is 4.78. The zero-order valence-electron chi connectivity index (χ0n) is 18.2. The predicted octanol–water partition coefficient (Wildman–Crippen LogP) is 4.85. The van der Waals surface area contributed by atoms with Gasteiger partial charge in [0.25, 0.3) is 7.37 Å². The highest BCUT2D eigenvalue weighted by molar-refractivity contribution is 7.63. The van der Waals surface area contributed by atoms with Gasteiger partial charge in [0.15, 0.2) is 0 Å². The smallest absolute Gasteiger partial charge is 0.305 e. The molecule has 2 atom stereocenters. The van der Waals surface area contributed by atoms with Crippen molar-refractivity contribution in [3.63, 3.8) is 0 Å². The van der Waals surface area contributed by atoms with Gasteiger partial charge < -0.3 is 15.1 Å². The third-order valence-electron chi connectivity index (χ3n) is 5.46. The normalized spacial score (nSPS) is 15.6. The Kier molecular flexibility index (Phi) is 6.95. The van der Waals surface area contributed by atoms with Crippen LogP contribution < -0.4 is 0 Å². The molecule has 2 aromatic carbocycles. The van der Waals surface area contributed by atoms with Crippen LogP contribution in [-0.2, 0) is 9.36 Å². The summed E-state index contributed by atoms with van der Waals surface area (Å²) in [5.41, 5.74) is 6.53. The molecule has 1 fully saturated rings. The molecule has 1 saturated carbocycles. The minimum atomic E-state index is -4.15. The molecule has 0 saturated heterocycles. The van der Waals surface area contributed by atoms with Crippen molar-refractivity contribution in [1.29, 1.82) is 0 Å². The van der Waals surface area contributed by atoms with Gasteiger partial charge in [-0.2, -0.15) is 0 Å². The Morgan fingerprint density at radius 2 is 1.79 bits per heavy atom. The zero-order valence-corrected chi connectivity index (χ0v) is 19.1.